The lowest BCUT2D eigenvalue weighted by Gasteiger charge is -2.90. The van der Waals surface area contributed by atoms with Crippen LogP contribution in [0.1, 0.15) is 0 Å². The molecule has 0 aliphatic heterocycles. The smallest absolute Gasteiger partial charge is 0.0997 e. The average Bonchev–Trinajstić information content (AvgIpc) is 2.20. The van der Waals surface area contributed by atoms with Gasteiger partial charge >= 0.3 is 0 Å². The van der Waals surface area contributed by atoms with Crippen LogP contribution >= 0.6 is 55.1 Å². The first-order valence-corrected chi connectivity index (χ1v) is 7.08. The number of alkyl halides is 4. The van der Waals surface area contributed by atoms with Gasteiger partial charge in [0.15, 0.2) is 0 Å². The van der Waals surface area contributed by atoms with E-state index in [1.54, 1.807) is 0 Å². The van der Waals surface area contributed by atoms with Crippen molar-refractivity contribution in [3.63, 3.8) is 0 Å². The lowest BCUT2D eigenvalue weighted by atomic mass is 9.20. The van der Waals surface area contributed by atoms with Crippen LogP contribution in [0.15, 0.2) is 0 Å². The zero-order valence-electron chi connectivity index (χ0n) is 6.48. The Hall–Kier alpha value is 1.54. The summed E-state index contributed by atoms with van der Waals surface area (Å²) < 4.78 is 0.126. The number of hydrogen-bond donors (Lipinski definition) is 0. The van der Waals surface area contributed by atoms with Crippen LogP contribution < -0.4 is 0 Å². The molecule has 4 unspecified atom stereocenters. The molecule has 13 heavy (non-hydrogen) atoms. The lowest BCUT2D eigenvalue weighted by Crippen LogP contribution is -2.93. The van der Waals surface area contributed by atoms with Crippen LogP contribution in [0.25, 0.3) is 0 Å². The van der Waals surface area contributed by atoms with E-state index in [0.717, 1.165) is 29.6 Å². The van der Waals surface area contributed by atoms with Gasteiger partial charge in [-0.2, -0.15) is 0 Å². The van der Waals surface area contributed by atoms with E-state index in [-0.39, 0.29) is 4.32 Å². The average molecular weight is 345 g/mol. The van der Waals surface area contributed by atoms with E-state index in [4.69, 9.17) is 23.2 Å². The van der Waals surface area contributed by atoms with Gasteiger partial charge in [0.25, 0.3) is 0 Å². The Labute approximate surface area is 103 Å². The van der Waals surface area contributed by atoms with Gasteiger partial charge < -0.3 is 0 Å². The van der Waals surface area contributed by atoms with E-state index in [1.807, 2.05) is 0 Å². The molecule has 4 heteroatoms. The van der Waals surface area contributed by atoms with E-state index < -0.39 is 4.33 Å². The van der Waals surface area contributed by atoms with Crippen molar-refractivity contribution in [1.29, 1.82) is 0 Å². The van der Waals surface area contributed by atoms with Gasteiger partial charge in [-0.05, 0) is 29.6 Å². The van der Waals surface area contributed by atoms with Gasteiger partial charge in [-0.3, -0.25) is 0 Å². The predicted octanol–water partition coefficient (Wildman–Crippen LogP) is 3.19. The molecule has 6 aliphatic rings. The molecule has 0 amide bonds. The summed E-state index contributed by atoms with van der Waals surface area (Å²) in [5, 5.41) is 0. The lowest BCUT2D eigenvalue weighted by molar-refractivity contribution is -0.337. The van der Waals surface area contributed by atoms with Gasteiger partial charge in [0.05, 0.1) is 4.32 Å². The predicted molar refractivity (Wildman–Crippen MR) is 58.7 cm³/mol. The third-order valence-electron chi connectivity index (χ3n) is 5.75. The van der Waals surface area contributed by atoms with E-state index in [0.29, 0.717) is 10.2 Å². The highest BCUT2D eigenvalue weighted by Gasteiger charge is 3.07. The second-order valence-electron chi connectivity index (χ2n) is 5.37. The summed E-state index contributed by atoms with van der Waals surface area (Å²) >= 11 is 20.7. The largest absolute Gasteiger partial charge is 0.137 e. The fourth-order valence-corrected chi connectivity index (χ4v) is 9.76. The molecule has 0 aromatic heterocycles. The SMILES string of the molecule is ClC1(Cl)C2[C@H]3[C@H]4C5[C@@H]([C@H]2C53Br)C41Br. The van der Waals surface area contributed by atoms with Crippen LogP contribution in [-0.4, -0.2) is 13.0 Å². The monoisotopic (exact) mass is 342 g/mol. The summed E-state index contributed by atoms with van der Waals surface area (Å²) in [5.41, 5.74) is 0. The Bertz CT molecular complexity index is 360. The molecule has 2 bridgehead atoms. The first-order valence-electron chi connectivity index (χ1n) is 4.74. The van der Waals surface area contributed by atoms with Gasteiger partial charge in [0.2, 0.25) is 0 Å². The fourth-order valence-electron chi connectivity index (χ4n) is 5.60. The maximum Gasteiger partial charge on any atom is 0.137 e. The molecule has 0 heterocycles. The van der Waals surface area contributed by atoms with E-state index in [2.05, 4.69) is 31.9 Å². The van der Waals surface area contributed by atoms with Crippen LogP contribution in [0.5, 0.6) is 0 Å². The summed E-state index contributed by atoms with van der Waals surface area (Å²) in [6.45, 7) is 0. The van der Waals surface area contributed by atoms with Crippen LogP contribution in [0.2, 0.25) is 0 Å². The van der Waals surface area contributed by atoms with Gasteiger partial charge in [-0.25, -0.2) is 0 Å². The molecule has 0 N–H and O–H groups in total. The second kappa shape index (κ2) is 1.51. The Kier molecular flexibility index (Phi) is 0.901. The molecule has 6 saturated carbocycles. The second-order valence-corrected chi connectivity index (χ2v) is 9.44. The minimum Gasteiger partial charge on any atom is -0.0997 e. The highest BCUT2D eigenvalue weighted by Crippen LogP contribution is 3.04. The van der Waals surface area contributed by atoms with Crippen molar-refractivity contribution in [2.75, 3.05) is 0 Å². The molecular weight excluding hydrogens is 339 g/mol. The van der Waals surface area contributed by atoms with Crippen molar-refractivity contribution in [3.8, 4) is 0 Å². The van der Waals surface area contributed by atoms with Crippen molar-refractivity contribution in [3.05, 3.63) is 0 Å². The molecule has 0 nitrogen and oxygen atoms in total. The van der Waals surface area contributed by atoms with Gasteiger partial charge in [0, 0.05) is 10.2 Å². The Morgan fingerprint density at radius 3 is 1.62 bits per heavy atom. The molecule has 0 spiro atoms. The van der Waals surface area contributed by atoms with Gasteiger partial charge in [-0.15, -0.1) is 0 Å². The van der Waals surface area contributed by atoms with E-state index in [1.165, 1.54) is 0 Å². The summed E-state index contributed by atoms with van der Waals surface area (Å²) in [5.74, 6) is 4.60. The zero-order chi connectivity index (χ0) is 8.96. The number of halogens is 4. The molecule has 8 atom stereocenters. The molecular formula is C9H6Br2Cl2. The molecule has 6 fully saturated rings. The third-order valence-corrected chi connectivity index (χ3v) is 10.6. The van der Waals surface area contributed by atoms with Crippen LogP contribution in [0.4, 0.5) is 0 Å². The van der Waals surface area contributed by atoms with Crippen molar-refractivity contribution < 1.29 is 0 Å². The molecule has 70 valence electrons. The highest BCUT2D eigenvalue weighted by atomic mass is 79.9. The minimum atomic E-state index is -0.470. The fraction of sp³-hybridized carbons (Fsp3) is 1.00. The number of hydrogen-bond acceptors (Lipinski definition) is 0. The summed E-state index contributed by atoms with van der Waals surface area (Å²) in [6, 6.07) is 0. The van der Waals surface area contributed by atoms with Crippen molar-refractivity contribution in [1.82, 2.24) is 0 Å². The Morgan fingerprint density at radius 1 is 0.769 bits per heavy atom. The molecule has 6 rings (SSSR count). The first-order chi connectivity index (χ1) is 5.98. The van der Waals surface area contributed by atoms with E-state index >= 15 is 0 Å². The zero-order valence-corrected chi connectivity index (χ0v) is 11.2. The first kappa shape index (κ1) is 7.76. The van der Waals surface area contributed by atoms with Crippen molar-refractivity contribution in [2.45, 2.75) is 13.0 Å². The Morgan fingerprint density at radius 2 is 1.23 bits per heavy atom. The Balaban J connectivity index is 1.85. The van der Waals surface area contributed by atoms with Gasteiger partial charge in [0.1, 0.15) is 4.33 Å². The summed E-state index contributed by atoms with van der Waals surface area (Å²) in [4.78, 5) is 0. The maximum atomic E-state index is 6.50. The van der Waals surface area contributed by atoms with Crippen LogP contribution in [0.3, 0.4) is 0 Å². The van der Waals surface area contributed by atoms with Crippen LogP contribution in [0, 0.1) is 35.5 Å². The molecule has 0 aromatic rings. The molecule has 0 radical (unpaired) electrons. The van der Waals surface area contributed by atoms with Gasteiger partial charge in [-0.1, -0.05) is 55.1 Å². The molecule has 0 aromatic carbocycles. The maximum absolute atomic E-state index is 6.50. The van der Waals surface area contributed by atoms with Crippen molar-refractivity contribution >= 4 is 55.1 Å². The highest BCUT2D eigenvalue weighted by molar-refractivity contribution is 9.10. The summed E-state index contributed by atoms with van der Waals surface area (Å²) in [6.07, 6.45) is 0. The van der Waals surface area contributed by atoms with Crippen molar-refractivity contribution in [2.24, 2.45) is 35.5 Å². The quantitative estimate of drug-likeness (QED) is 0.592. The third kappa shape index (κ3) is 0.362. The normalized spacial score (nSPS) is 87.7. The molecule has 0 saturated heterocycles. The minimum absolute atomic E-state index is 0.100. The van der Waals surface area contributed by atoms with Crippen LogP contribution in [-0.2, 0) is 0 Å². The number of rotatable bonds is 0. The standard InChI is InChI=1S/C9H6Br2Cl2/c10-7-1-4-2(7)6-3(7)5(1)8(4,11)9(6,12)13/h1-6H/t1?,2-,3-,4-,5+,6?,7?,8?/m1/s1. The van der Waals surface area contributed by atoms with E-state index in [9.17, 15) is 0 Å². The summed E-state index contributed by atoms with van der Waals surface area (Å²) in [7, 11) is 0. The topological polar surface area (TPSA) is 0 Å². The molecule has 6 aliphatic carbocycles.